The Morgan fingerprint density at radius 1 is 1.44 bits per heavy atom. The molecule has 1 aromatic heterocycles. The van der Waals surface area contributed by atoms with Gasteiger partial charge in [-0.1, -0.05) is 0 Å². The normalized spacial score (nSPS) is 9.94. The molecule has 0 aliphatic carbocycles. The molecule has 1 rings (SSSR count). The van der Waals surface area contributed by atoms with Crippen LogP contribution in [0.15, 0.2) is 18.5 Å². The molecule has 0 aliphatic rings. The van der Waals surface area contributed by atoms with Gasteiger partial charge in [-0.25, -0.2) is 0 Å². The van der Waals surface area contributed by atoms with Gasteiger partial charge < -0.3 is 9.64 Å². The van der Waals surface area contributed by atoms with Crippen LogP contribution in [0.1, 0.15) is 29.3 Å². The minimum absolute atomic E-state index is 0.0821. The number of rotatable bonds is 5. The third kappa shape index (κ3) is 3.55. The van der Waals surface area contributed by atoms with Gasteiger partial charge in [0.1, 0.15) is 0 Å². The van der Waals surface area contributed by atoms with Crippen LogP contribution in [0.2, 0.25) is 0 Å². The molecule has 0 bridgehead atoms. The van der Waals surface area contributed by atoms with E-state index in [1.54, 1.807) is 23.4 Å². The maximum atomic E-state index is 12.2. The van der Waals surface area contributed by atoms with Crippen molar-refractivity contribution in [2.45, 2.75) is 20.3 Å². The van der Waals surface area contributed by atoms with E-state index in [2.05, 4.69) is 9.72 Å². The summed E-state index contributed by atoms with van der Waals surface area (Å²) in [5.41, 5.74) is 1.45. The zero-order valence-electron chi connectivity index (χ0n) is 11.0. The van der Waals surface area contributed by atoms with E-state index in [0.717, 1.165) is 5.56 Å². The molecule has 0 N–H and O–H groups in total. The van der Waals surface area contributed by atoms with Gasteiger partial charge in [0.2, 0.25) is 0 Å². The zero-order chi connectivity index (χ0) is 13.5. The Hall–Kier alpha value is -1.91. The number of carbonyl (C=O) groups excluding carboxylic acids is 2. The topological polar surface area (TPSA) is 59.5 Å². The number of methoxy groups -OCH3 is 1. The van der Waals surface area contributed by atoms with Gasteiger partial charge in [0, 0.05) is 31.0 Å². The number of esters is 1. The molecular formula is C13H18N2O3. The van der Waals surface area contributed by atoms with Gasteiger partial charge in [0.15, 0.2) is 0 Å². The van der Waals surface area contributed by atoms with Gasteiger partial charge in [-0.3, -0.25) is 14.6 Å². The summed E-state index contributed by atoms with van der Waals surface area (Å²) in [6, 6.07) is 1.69. The first-order valence-corrected chi connectivity index (χ1v) is 5.86. The Bertz CT molecular complexity index is 432. The fourth-order valence-electron chi connectivity index (χ4n) is 1.62. The van der Waals surface area contributed by atoms with E-state index in [4.69, 9.17) is 0 Å². The average molecular weight is 250 g/mol. The van der Waals surface area contributed by atoms with Crippen LogP contribution in [-0.4, -0.2) is 42.0 Å². The molecular weight excluding hydrogens is 232 g/mol. The molecule has 5 heteroatoms. The zero-order valence-corrected chi connectivity index (χ0v) is 11.0. The van der Waals surface area contributed by atoms with Crippen molar-refractivity contribution in [3.05, 3.63) is 29.6 Å². The second-order valence-electron chi connectivity index (χ2n) is 3.90. The monoisotopic (exact) mass is 250 g/mol. The lowest BCUT2D eigenvalue weighted by molar-refractivity contribution is -0.140. The highest BCUT2D eigenvalue weighted by molar-refractivity contribution is 5.95. The summed E-state index contributed by atoms with van der Waals surface area (Å²) in [5.74, 6) is -0.394. The van der Waals surface area contributed by atoms with Crippen LogP contribution in [-0.2, 0) is 9.53 Å². The van der Waals surface area contributed by atoms with Crippen molar-refractivity contribution >= 4 is 11.9 Å². The first-order chi connectivity index (χ1) is 8.60. The second kappa shape index (κ2) is 6.74. The van der Waals surface area contributed by atoms with E-state index in [1.807, 2.05) is 13.8 Å². The molecule has 0 saturated carbocycles. The molecule has 1 heterocycles. The number of pyridine rings is 1. The Labute approximate surface area is 107 Å². The summed E-state index contributed by atoms with van der Waals surface area (Å²) in [6.07, 6.45) is 3.45. The molecule has 0 saturated heterocycles. The molecule has 0 spiro atoms. The fourth-order valence-corrected chi connectivity index (χ4v) is 1.62. The lowest BCUT2D eigenvalue weighted by atomic mass is 10.1. The Balaban J connectivity index is 2.74. The number of hydrogen-bond donors (Lipinski definition) is 0. The third-order valence-electron chi connectivity index (χ3n) is 2.73. The van der Waals surface area contributed by atoms with E-state index in [0.29, 0.717) is 18.7 Å². The van der Waals surface area contributed by atoms with Crippen LogP contribution in [0.25, 0.3) is 0 Å². The molecule has 0 radical (unpaired) electrons. The molecule has 5 nitrogen and oxygen atoms in total. The summed E-state index contributed by atoms with van der Waals surface area (Å²) < 4.78 is 4.57. The summed E-state index contributed by atoms with van der Waals surface area (Å²) in [5, 5.41) is 0. The predicted molar refractivity (Wildman–Crippen MR) is 67.2 cm³/mol. The molecule has 0 atom stereocenters. The Morgan fingerprint density at radius 2 is 2.17 bits per heavy atom. The third-order valence-corrected chi connectivity index (χ3v) is 2.73. The summed E-state index contributed by atoms with van der Waals surface area (Å²) in [4.78, 5) is 28.9. The number of aromatic nitrogens is 1. The number of nitrogens with zero attached hydrogens (tertiary/aromatic N) is 2. The maximum Gasteiger partial charge on any atom is 0.307 e. The van der Waals surface area contributed by atoms with Gasteiger partial charge in [-0.15, -0.1) is 0 Å². The maximum absolute atomic E-state index is 12.2. The highest BCUT2D eigenvalue weighted by atomic mass is 16.5. The Morgan fingerprint density at radius 3 is 2.72 bits per heavy atom. The quantitative estimate of drug-likeness (QED) is 0.741. The minimum Gasteiger partial charge on any atom is -0.469 e. The molecule has 98 valence electrons. The summed E-state index contributed by atoms with van der Waals surface area (Å²) in [6.45, 7) is 4.64. The number of carbonyl (C=O) groups is 2. The van der Waals surface area contributed by atoms with Gasteiger partial charge >= 0.3 is 5.97 Å². The van der Waals surface area contributed by atoms with Gasteiger partial charge in [0.25, 0.3) is 5.91 Å². The molecule has 0 unspecified atom stereocenters. The highest BCUT2D eigenvalue weighted by Crippen LogP contribution is 2.09. The first kappa shape index (κ1) is 14.2. The van der Waals surface area contributed by atoms with Gasteiger partial charge in [0.05, 0.1) is 13.5 Å². The van der Waals surface area contributed by atoms with Crippen LogP contribution in [0.5, 0.6) is 0 Å². The molecule has 0 aromatic carbocycles. The molecule has 1 amide bonds. The first-order valence-electron chi connectivity index (χ1n) is 5.86. The summed E-state index contributed by atoms with van der Waals surface area (Å²) in [7, 11) is 1.34. The van der Waals surface area contributed by atoms with E-state index in [-0.39, 0.29) is 18.3 Å². The van der Waals surface area contributed by atoms with E-state index < -0.39 is 0 Å². The lowest BCUT2D eigenvalue weighted by Gasteiger charge is -2.21. The number of hydrogen-bond acceptors (Lipinski definition) is 4. The van der Waals surface area contributed by atoms with Crippen molar-refractivity contribution in [3.63, 3.8) is 0 Å². The Kier molecular flexibility index (Phi) is 5.30. The van der Waals surface area contributed by atoms with Crippen LogP contribution in [0.4, 0.5) is 0 Å². The van der Waals surface area contributed by atoms with E-state index >= 15 is 0 Å². The number of ether oxygens (including phenoxy) is 1. The van der Waals surface area contributed by atoms with Crippen LogP contribution < -0.4 is 0 Å². The van der Waals surface area contributed by atoms with E-state index in [9.17, 15) is 9.59 Å². The van der Waals surface area contributed by atoms with Crippen molar-refractivity contribution in [3.8, 4) is 0 Å². The van der Waals surface area contributed by atoms with Crippen molar-refractivity contribution in [2.75, 3.05) is 20.2 Å². The second-order valence-corrected chi connectivity index (χ2v) is 3.90. The number of amides is 1. The molecule has 18 heavy (non-hydrogen) atoms. The fraction of sp³-hybridized carbons (Fsp3) is 0.462. The van der Waals surface area contributed by atoms with Crippen LogP contribution in [0.3, 0.4) is 0 Å². The van der Waals surface area contributed by atoms with Crippen LogP contribution in [0, 0.1) is 6.92 Å². The van der Waals surface area contributed by atoms with Crippen molar-refractivity contribution in [1.29, 1.82) is 0 Å². The SMILES string of the molecule is CCN(CCC(=O)OC)C(=O)c1ccncc1C. The van der Waals surface area contributed by atoms with Crippen molar-refractivity contribution < 1.29 is 14.3 Å². The van der Waals surface area contributed by atoms with Gasteiger partial charge in [-0.05, 0) is 25.5 Å². The van der Waals surface area contributed by atoms with Crippen LogP contribution >= 0.6 is 0 Å². The smallest absolute Gasteiger partial charge is 0.307 e. The van der Waals surface area contributed by atoms with E-state index in [1.165, 1.54) is 7.11 Å². The largest absolute Gasteiger partial charge is 0.469 e. The average Bonchev–Trinajstić information content (AvgIpc) is 2.39. The van der Waals surface area contributed by atoms with Gasteiger partial charge in [-0.2, -0.15) is 0 Å². The highest BCUT2D eigenvalue weighted by Gasteiger charge is 2.17. The minimum atomic E-state index is -0.312. The number of aryl methyl sites for hydroxylation is 1. The molecule has 1 aromatic rings. The lowest BCUT2D eigenvalue weighted by Crippen LogP contribution is -2.33. The molecule has 0 aliphatic heterocycles. The predicted octanol–water partition coefficient (Wildman–Crippen LogP) is 1.42. The van der Waals surface area contributed by atoms with Crippen molar-refractivity contribution in [1.82, 2.24) is 9.88 Å². The molecule has 0 fully saturated rings. The standard InChI is InChI=1S/C13H18N2O3/c1-4-15(8-6-12(16)18-3)13(17)11-5-7-14-9-10(11)2/h5,7,9H,4,6,8H2,1-3H3. The summed E-state index contributed by atoms with van der Waals surface area (Å²) >= 11 is 0. The van der Waals surface area contributed by atoms with Crippen molar-refractivity contribution in [2.24, 2.45) is 0 Å².